The lowest BCUT2D eigenvalue weighted by Crippen LogP contribution is -2.18. The lowest BCUT2D eigenvalue weighted by Gasteiger charge is -2.19. The predicted molar refractivity (Wildman–Crippen MR) is 81.7 cm³/mol. The van der Waals surface area contributed by atoms with Crippen molar-refractivity contribution < 1.29 is 0 Å². The molecule has 1 aromatic heterocycles. The van der Waals surface area contributed by atoms with Crippen LogP contribution in [-0.4, -0.2) is 16.0 Å². The van der Waals surface area contributed by atoms with Gasteiger partial charge in [-0.2, -0.15) is 0 Å². The van der Waals surface area contributed by atoms with Gasteiger partial charge in [0.1, 0.15) is 5.82 Å². The maximum atomic E-state index is 4.86. The molecule has 2 saturated carbocycles. The average molecular weight is 273 g/mol. The predicted octanol–water partition coefficient (Wildman–Crippen LogP) is 3.86. The van der Waals surface area contributed by atoms with E-state index in [0.29, 0.717) is 5.92 Å². The minimum absolute atomic E-state index is 0.592. The average Bonchev–Trinajstić information content (AvgIpc) is 3.19. The summed E-state index contributed by atoms with van der Waals surface area (Å²) in [6.07, 6.45) is 12.1. The second-order valence-corrected chi connectivity index (χ2v) is 6.56. The van der Waals surface area contributed by atoms with Crippen molar-refractivity contribution in [1.82, 2.24) is 15.3 Å². The Morgan fingerprint density at radius 3 is 2.40 bits per heavy atom. The van der Waals surface area contributed by atoms with E-state index < -0.39 is 0 Å². The van der Waals surface area contributed by atoms with Crippen molar-refractivity contribution in [3.05, 3.63) is 23.3 Å². The Labute approximate surface area is 122 Å². The zero-order chi connectivity index (χ0) is 13.8. The second kappa shape index (κ2) is 6.66. The molecule has 0 unspecified atom stereocenters. The normalized spacial score (nSPS) is 21.4. The summed E-state index contributed by atoms with van der Waals surface area (Å²) in [5, 5.41) is 3.56. The monoisotopic (exact) mass is 273 g/mol. The zero-order valence-corrected chi connectivity index (χ0v) is 12.7. The molecule has 0 amide bonds. The van der Waals surface area contributed by atoms with Crippen molar-refractivity contribution in [2.24, 2.45) is 0 Å². The van der Waals surface area contributed by atoms with E-state index in [4.69, 9.17) is 9.97 Å². The Bertz CT molecular complexity index is 432. The highest BCUT2D eigenvalue weighted by Crippen LogP contribution is 2.29. The number of nitrogens with zero attached hydrogens (tertiary/aromatic N) is 2. The van der Waals surface area contributed by atoms with Crippen LogP contribution in [0.2, 0.25) is 0 Å². The summed E-state index contributed by atoms with van der Waals surface area (Å²) in [6, 6.07) is 2.89. The summed E-state index contributed by atoms with van der Waals surface area (Å²) >= 11 is 0. The maximum absolute atomic E-state index is 4.86. The molecular formula is C17H27N3. The topological polar surface area (TPSA) is 37.8 Å². The molecule has 0 aliphatic heterocycles. The number of aryl methyl sites for hydroxylation is 1. The van der Waals surface area contributed by atoms with Crippen LogP contribution in [0.3, 0.4) is 0 Å². The highest BCUT2D eigenvalue weighted by Gasteiger charge is 2.21. The highest BCUT2D eigenvalue weighted by molar-refractivity contribution is 5.13. The first-order valence-electron chi connectivity index (χ1n) is 8.39. The van der Waals surface area contributed by atoms with Crippen LogP contribution in [0.25, 0.3) is 0 Å². The molecule has 2 aliphatic carbocycles. The lowest BCUT2D eigenvalue weighted by molar-refractivity contribution is 0.440. The molecule has 2 aliphatic rings. The van der Waals surface area contributed by atoms with E-state index in [1.165, 1.54) is 63.5 Å². The van der Waals surface area contributed by atoms with Crippen LogP contribution in [0.4, 0.5) is 0 Å². The van der Waals surface area contributed by atoms with Crippen LogP contribution in [0, 0.1) is 6.92 Å². The SMILES string of the molecule is Cc1cc(CNC2CC2)nc(C2CCCCCCC2)n1. The summed E-state index contributed by atoms with van der Waals surface area (Å²) in [6.45, 7) is 3.02. The van der Waals surface area contributed by atoms with Crippen molar-refractivity contribution in [3.63, 3.8) is 0 Å². The fraction of sp³-hybridized carbons (Fsp3) is 0.765. The minimum Gasteiger partial charge on any atom is -0.308 e. The van der Waals surface area contributed by atoms with Crippen LogP contribution in [-0.2, 0) is 6.54 Å². The van der Waals surface area contributed by atoms with Crippen molar-refractivity contribution in [2.45, 2.75) is 83.2 Å². The van der Waals surface area contributed by atoms with Gasteiger partial charge in [-0.25, -0.2) is 9.97 Å². The number of nitrogens with one attached hydrogen (secondary N) is 1. The molecule has 1 N–H and O–H groups in total. The number of hydrogen-bond donors (Lipinski definition) is 1. The maximum Gasteiger partial charge on any atom is 0.131 e. The second-order valence-electron chi connectivity index (χ2n) is 6.56. The van der Waals surface area contributed by atoms with E-state index in [0.717, 1.165) is 24.1 Å². The number of rotatable bonds is 4. The third kappa shape index (κ3) is 4.02. The van der Waals surface area contributed by atoms with E-state index in [1.807, 2.05) is 0 Å². The number of aromatic nitrogens is 2. The van der Waals surface area contributed by atoms with Gasteiger partial charge in [0.2, 0.25) is 0 Å². The Morgan fingerprint density at radius 1 is 1.00 bits per heavy atom. The molecule has 0 bridgehead atoms. The molecular weight excluding hydrogens is 246 g/mol. The Balaban J connectivity index is 1.69. The van der Waals surface area contributed by atoms with E-state index in [-0.39, 0.29) is 0 Å². The summed E-state index contributed by atoms with van der Waals surface area (Å²) in [5.41, 5.74) is 2.31. The summed E-state index contributed by atoms with van der Waals surface area (Å²) in [5.74, 6) is 1.70. The smallest absolute Gasteiger partial charge is 0.131 e. The largest absolute Gasteiger partial charge is 0.308 e. The molecule has 20 heavy (non-hydrogen) atoms. The van der Waals surface area contributed by atoms with E-state index >= 15 is 0 Å². The molecule has 0 atom stereocenters. The Kier molecular flexibility index (Phi) is 4.66. The molecule has 1 heterocycles. The lowest BCUT2D eigenvalue weighted by atomic mass is 9.90. The third-order valence-corrected chi connectivity index (χ3v) is 4.54. The van der Waals surface area contributed by atoms with Crippen LogP contribution < -0.4 is 5.32 Å². The van der Waals surface area contributed by atoms with Crippen molar-refractivity contribution >= 4 is 0 Å². The molecule has 110 valence electrons. The van der Waals surface area contributed by atoms with Gasteiger partial charge in [-0.1, -0.05) is 32.1 Å². The molecule has 3 heteroatoms. The zero-order valence-electron chi connectivity index (χ0n) is 12.7. The first kappa shape index (κ1) is 14.0. The van der Waals surface area contributed by atoms with Crippen LogP contribution in [0.5, 0.6) is 0 Å². The molecule has 0 spiro atoms. The third-order valence-electron chi connectivity index (χ3n) is 4.54. The fourth-order valence-electron chi connectivity index (χ4n) is 3.18. The standard InChI is InChI=1S/C17H27N3/c1-13-11-16(12-18-15-9-10-15)20-17(19-13)14-7-5-3-2-4-6-8-14/h11,14-15,18H,2-10,12H2,1H3. The van der Waals surface area contributed by atoms with Crippen molar-refractivity contribution in [1.29, 1.82) is 0 Å². The van der Waals surface area contributed by atoms with Gasteiger partial charge < -0.3 is 5.32 Å². The Morgan fingerprint density at radius 2 is 1.70 bits per heavy atom. The molecule has 1 aromatic rings. The van der Waals surface area contributed by atoms with E-state index in [2.05, 4.69) is 18.3 Å². The molecule has 3 rings (SSSR count). The van der Waals surface area contributed by atoms with Crippen molar-refractivity contribution in [2.75, 3.05) is 0 Å². The summed E-state index contributed by atoms with van der Waals surface area (Å²) < 4.78 is 0. The molecule has 0 aromatic carbocycles. The van der Waals surface area contributed by atoms with Crippen LogP contribution in [0.1, 0.15) is 80.9 Å². The van der Waals surface area contributed by atoms with Crippen LogP contribution >= 0.6 is 0 Å². The van der Waals surface area contributed by atoms with Crippen LogP contribution in [0.15, 0.2) is 6.07 Å². The molecule has 3 nitrogen and oxygen atoms in total. The highest BCUT2D eigenvalue weighted by atomic mass is 15.0. The first-order valence-corrected chi connectivity index (χ1v) is 8.39. The van der Waals surface area contributed by atoms with Crippen molar-refractivity contribution in [3.8, 4) is 0 Å². The van der Waals surface area contributed by atoms with Gasteiger partial charge in [-0.3, -0.25) is 0 Å². The molecule has 2 fully saturated rings. The molecule has 0 saturated heterocycles. The van der Waals surface area contributed by atoms with Gasteiger partial charge in [-0.15, -0.1) is 0 Å². The fourth-order valence-corrected chi connectivity index (χ4v) is 3.18. The quantitative estimate of drug-likeness (QED) is 0.905. The van der Waals surface area contributed by atoms with Gasteiger partial charge in [0.05, 0.1) is 5.69 Å². The number of hydrogen-bond acceptors (Lipinski definition) is 3. The van der Waals surface area contributed by atoms with Gasteiger partial charge in [0.15, 0.2) is 0 Å². The van der Waals surface area contributed by atoms with Gasteiger partial charge in [-0.05, 0) is 38.7 Å². The first-order chi connectivity index (χ1) is 9.81. The minimum atomic E-state index is 0.592. The Hall–Kier alpha value is -0.960. The van der Waals surface area contributed by atoms with E-state index in [1.54, 1.807) is 0 Å². The molecule has 0 radical (unpaired) electrons. The summed E-state index contributed by atoms with van der Waals surface area (Å²) in [7, 11) is 0. The van der Waals surface area contributed by atoms with Gasteiger partial charge in [0, 0.05) is 24.2 Å². The summed E-state index contributed by atoms with van der Waals surface area (Å²) in [4.78, 5) is 9.59. The van der Waals surface area contributed by atoms with E-state index in [9.17, 15) is 0 Å². The van der Waals surface area contributed by atoms with Gasteiger partial charge >= 0.3 is 0 Å². The van der Waals surface area contributed by atoms with Gasteiger partial charge in [0.25, 0.3) is 0 Å².